The van der Waals surface area contributed by atoms with Crippen LogP contribution in [0.2, 0.25) is 0 Å². The number of hydrogen-bond donors (Lipinski definition) is 2. The van der Waals surface area contributed by atoms with Gasteiger partial charge in [-0.25, -0.2) is 8.42 Å². The lowest BCUT2D eigenvalue weighted by atomic mass is 10.2. The molecule has 1 unspecified atom stereocenters. The quantitative estimate of drug-likeness (QED) is 0.795. The monoisotopic (exact) mass is 284 g/mol. The van der Waals surface area contributed by atoms with Crippen molar-refractivity contribution in [3.05, 3.63) is 24.3 Å². The molecule has 0 saturated heterocycles. The predicted molar refractivity (Wildman–Crippen MR) is 75.7 cm³/mol. The van der Waals surface area contributed by atoms with Gasteiger partial charge in [-0.2, -0.15) is 0 Å². The molecular formula is C13H20N2O3S. The number of sulfone groups is 1. The largest absolute Gasteiger partial charge is 0.382 e. The third-order valence-corrected chi connectivity index (χ3v) is 4.54. The van der Waals surface area contributed by atoms with Gasteiger partial charge in [0.2, 0.25) is 5.91 Å². The first kappa shape index (κ1) is 15.5. The Balaban J connectivity index is 2.74. The van der Waals surface area contributed by atoms with E-state index in [1.807, 2.05) is 13.8 Å². The number of carbonyl (C=O) groups excluding carboxylic acids is 1. The van der Waals surface area contributed by atoms with Gasteiger partial charge in [-0.15, -0.1) is 0 Å². The van der Waals surface area contributed by atoms with Gasteiger partial charge in [0.15, 0.2) is 9.84 Å². The Bertz CT molecular complexity index is 523. The number of anilines is 1. The maximum atomic E-state index is 11.8. The average molecular weight is 284 g/mol. The van der Waals surface area contributed by atoms with E-state index >= 15 is 0 Å². The molecule has 106 valence electrons. The van der Waals surface area contributed by atoms with Crippen molar-refractivity contribution in [3.8, 4) is 0 Å². The summed E-state index contributed by atoms with van der Waals surface area (Å²) < 4.78 is 23.7. The van der Waals surface area contributed by atoms with Gasteiger partial charge in [0.05, 0.1) is 10.6 Å². The highest BCUT2D eigenvalue weighted by Crippen LogP contribution is 2.17. The topological polar surface area (TPSA) is 89.3 Å². The SMILES string of the molecule is CCCS(=O)(=O)c1ccc(NC(C)CC(N)=O)cc1. The molecule has 0 radical (unpaired) electrons. The first-order valence-electron chi connectivity index (χ1n) is 6.23. The Kier molecular flexibility index (Phi) is 5.35. The molecule has 5 nitrogen and oxygen atoms in total. The van der Waals surface area contributed by atoms with Crippen LogP contribution in [-0.4, -0.2) is 26.1 Å². The highest BCUT2D eigenvalue weighted by Gasteiger charge is 2.13. The van der Waals surface area contributed by atoms with Crippen LogP contribution in [0.25, 0.3) is 0 Å². The number of primary amides is 1. The molecule has 0 heterocycles. The molecule has 1 atom stereocenters. The van der Waals surface area contributed by atoms with Crippen LogP contribution in [0.3, 0.4) is 0 Å². The highest BCUT2D eigenvalue weighted by molar-refractivity contribution is 7.91. The second-order valence-electron chi connectivity index (χ2n) is 4.56. The van der Waals surface area contributed by atoms with Crippen molar-refractivity contribution in [2.45, 2.75) is 37.6 Å². The summed E-state index contributed by atoms with van der Waals surface area (Å²) in [4.78, 5) is 11.1. The number of nitrogens with one attached hydrogen (secondary N) is 1. The summed E-state index contributed by atoms with van der Waals surface area (Å²) in [6.07, 6.45) is 0.827. The number of amides is 1. The summed E-state index contributed by atoms with van der Waals surface area (Å²) in [6, 6.07) is 6.45. The van der Waals surface area contributed by atoms with Crippen LogP contribution in [0.15, 0.2) is 29.2 Å². The number of carbonyl (C=O) groups is 1. The van der Waals surface area contributed by atoms with Gasteiger partial charge in [0.1, 0.15) is 0 Å². The van der Waals surface area contributed by atoms with Crippen molar-refractivity contribution in [1.29, 1.82) is 0 Å². The van der Waals surface area contributed by atoms with E-state index in [0.717, 1.165) is 5.69 Å². The van der Waals surface area contributed by atoms with Gasteiger partial charge in [-0.05, 0) is 37.6 Å². The summed E-state index contributed by atoms with van der Waals surface area (Å²) >= 11 is 0. The fourth-order valence-corrected chi connectivity index (χ4v) is 3.11. The van der Waals surface area contributed by atoms with Crippen LogP contribution in [0.5, 0.6) is 0 Å². The number of hydrogen-bond acceptors (Lipinski definition) is 4. The summed E-state index contributed by atoms with van der Waals surface area (Å²) in [7, 11) is -3.18. The highest BCUT2D eigenvalue weighted by atomic mass is 32.2. The van der Waals surface area contributed by atoms with Gasteiger partial charge < -0.3 is 11.1 Å². The molecule has 0 bridgehead atoms. The van der Waals surface area contributed by atoms with Crippen LogP contribution in [-0.2, 0) is 14.6 Å². The Morgan fingerprint density at radius 1 is 1.32 bits per heavy atom. The maximum Gasteiger partial charge on any atom is 0.219 e. The van der Waals surface area contributed by atoms with Crippen LogP contribution in [0.1, 0.15) is 26.7 Å². The minimum Gasteiger partial charge on any atom is -0.382 e. The maximum absolute atomic E-state index is 11.8. The first-order valence-corrected chi connectivity index (χ1v) is 7.88. The molecule has 0 aliphatic heterocycles. The van der Waals surface area contributed by atoms with Crippen molar-refractivity contribution in [2.75, 3.05) is 11.1 Å². The van der Waals surface area contributed by atoms with E-state index in [2.05, 4.69) is 5.32 Å². The molecule has 1 amide bonds. The minimum atomic E-state index is -3.18. The summed E-state index contributed by atoms with van der Waals surface area (Å²) in [6.45, 7) is 3.67. The van der Waals surface area contributed by atoms with Gasteiger partial charge in [-0.3, -0.25) is 4.79 Å². The first-order chi connectivity index (χ1) is 8.85. The number of nitrogens with two attached hydrogens (primary N) is 1. The number of rotatable bonds is 7. The smallest absolute Gasteiger partial charge is 0.219 e. The minimum absolute atomic E-state index is 0.0874. The van der Waals surface area contributed by atoms with Gasteiger partial charge in [0, 0.05) is 18.2 Å². The van der Waals surface area contributed by atoms with Gasteiger partial charge >= 0.3 is 0 Å². The van der Waals surface area contributed by atoms with E-state index in [0.29, 0.717) is 11.3 Å². The normalized spacial score (nSPS) is 12.9. The molecule has 3 N–H and O–H groups in total. The second-order valence-corrected chi connectivity index (χ2v) is 6.67. The third kappa shape index (κ3) is 4.90. The van der Waals surface area contributed by atoms with Crippen molar-refractivity contribution < 1.29 is 13.2 Å². The Hall–Kier alpha value is -1.56. The van der Waals surface area contributed by atoms with E-state index in [1.54, 1.807) is 24.3 Å². The van der Waals surface area contributed by atoms with E-state index in [9.17, 15) is 13.2 Å². The summed E-state index contributed by atoms with van der Waals surface area (Å²) in [5.74, 6) is -0.222. The molecule has 0 spiro atoms. The van der Waals surface area contributed by atoms with Crippen molar-refractivity contribution in [1.82, 2.24) is 0 Å². The van der Waals surface area contributed by atoms with Crippen LogP contribution < -0.4 is 11.1 Å². The third-order valence-electron chi connectivity index (χ3n) is 2.61. The Morgan fingerprint density at radius 3 is 2.37 bits per heavy atom. The molecule has 0 aliphatic rings. The van der Waals surface area contributed by atoms with Crippen molar-refractivity contribution in [2.24, 2.45) is 5.73 Å². The molecule has 6 heteroatoms. The lowest BCUT2D eigenvalue weighted by molar-refractivity contribution is -0.118. The standard InChI is InChI=1S/C13H20N2O3S/c1-3-8-19(17,18)12-6-4-11(5-7-12)15-10(2)9-13(14)16/h4-7,10,15H,3,8-9H2,1-2H3,(H2,14,16). The van der Waals surface area contributed by atoms with Crippen LogP contribution in [0, 0.1) is 0 Å². The molecule has 0 aromatic heterocycles. The molecule has 1 aromatic carbocycles. The zero-order valence-electron chi connectivity index (χ0n) is 11.2. The van der Waals surface area contributed by atoms with Gasteiger partial charge in [-0.1, -0.05) is 6.92 Å². The zero-order valence-corrected chi connectivity index (χ0v) is 12.0. The van der Waals surface area contributed by atoms with Crippen LogP contribution in [0.4, 0.5) is 5.69 Å². The van der Waals surface area contributed by atoms with E-state index in [4.69, 9.17) is 5.73 Å². The Morgan fingerprint density at radius 2 is 1.89 bits per heavy atom. The van der Waals surface area contributed by atoms with E-state index in [-0.39, 0.29) is 24.1 Å². The molecule has 0 saturated carbocycles. The summed E-state index contributed by atoms with van der Waals surface area (Å²) in [5.41, 5.74) is 5.87. The molecule has 1 rings (SSSR count). The fraction of sp³-hybridized carbons (Fsp3) is 0.462. The lowest BCUT2D eigenvalue weighted by Gasteiger charge is -2.13. The second kappa shape index (κ2) is 6.56. The predicted octanol–water partition coefficient (Wildman–Crippen LogP) is 1.55. The molecule has 0 aliphatic carbocycles. The van der Waals surface area contributed by atoms with E-state index < -0.39 is 9.84 Å². The molecule has 1 aromatic rings. The molecule has 19 heavy (non-hydrogen) atoms. The van der Waals surface area contributed by atoms with Crippen LogP contribution >= 0.6 is 0 Å². The average Bonchev–Trinajstić information content (AvgIpc) is 2.28. The molecule has 0 fully saturated rings. The summed E-state index contributed by atoms with van der Waals surface area (Å²) in [5, 5.41) is 3.09. The van der Waals surface area contributed by atoms with Crippen molar-refractivity contribution in [3.63, 3.8) is 0 Å². The van der Waals surface area contributed by atoms with Crippen molar-refractivity contribution >= 4 is 21.4 Å². The van der Waals surface area contributed by atoms with E-state index in [1.165, 1.54) is 0 Å². The number of benzene rings is 1. The molecular weight excluding hydrogens is 264 g/mol. The zero-order chi connectivity index (χ0) is 14.5. The Labute approximate surface area is 114 Å². The van der Waals surface area contributed by atoms with Gasteiger partial charge in [0.25, 0.3) is 0 Å². The fourth-order valence-electron chi connectivity index (χ4n) is 1.78. The lowest BCUT2D eigenvalue weighted by Crippen LogP contribution is -2.23.